The number of ether oxygens (including phenoxy) is 1. The van der Waals surface area contributed by atoms with Crippen molar-refractivity contribution in [2.45, 2.75) is 45.4 Å². The minimum atomic E-state index is 0.663. The van der Waals surface area contributed by atoms with Crippen molar-refractivity contribution < 1.29 is 4.74 Å². The van der Waals surface area contributed by atoms with Crippen LogP contribution in [0.3, 0.4) is 0 Å². The molecule has 0 N–H and O–H groups in total. The quantitative estimate of drug-likeness (QED) is 0.565. The van der Waals surface area contributed by atoms with Crippen LogP contribution in [-0.2, 0) is 0 Å². The average Bonchev–Trinajstić information content (AvgIpc) is 3.07. The number of fused-ring (bicyclic) bond motifs is 1. The molecule has 0 saturated heterocycles. The molecule has 1 heterocycles. The Hall–Kier alpha value is -2.35. The standard InChI is InChI=1S/C22H23NO/c1-15-9-16(2)11-21(10-15)24-22-13-20-12-18(17-5-3-4-6-17)7-8-19(20)14-23-22/h7-14,17H,3-6H2,1-2H3. The second-order valence-electron chi connectivity index (χ2n) is 7.04. The number of rotatable bonds is 3. The molecule has 122 valence electrons. The molecule has 2 aromatic carbocycles. The third-order valence-corrected chi connectivity index (χ3v) is 4.96. The maximum absolute atomic E-state index is 6.00. The average molecular weight is 317 g/mol. The van der Waals surface area contributed by atoms with Crippen LogP contribution in [0.2, 0.25) is 0 Å². The van der Waals surface area contributed by atoms with Gasteiger partial charge in [0.05, 0.1) is 0 Å². The first kappa shape index (κ1) is 15.2. The molecule has 1 aliphatic carbocycles. The lowest BCUT2D eigenvalue weighted by molar-refractivity contribution is 0.463. The lowest BCUT2D eigenvalue weighted by atomic mass is 9.96. The van der Waals surface area contributed by atoms with E-state index in [9.17, 15) is 0 Å². The number of pyridine rings is 1. The first-order chi connectivity index (χ1) is 11.7. The van der Waals surface area contributed by atoms with Gasteiger partial charge in [-0.25, -0.2) is 4.98 Å². The SMILES string of the molecule is Cc1cc(C)cc(Oc2cc3cc(C4CCCC4)ccc3cn2)c1. The predicted octanol–water partition coefficient (Wildman–Crippen LogP) is 6.30. The molecule has 0 spiro atoms. The largest absolute Gasteiger partial charge is 0.439 e. The number of hydrogen-bond donors (Lipinski definition) is 0. The summed E-state index contributed by atoms with van der Waals surface area (Å²) in [6.45, 7) is 4.17. The molecule has 3 aromatic rings. The van der Waals surface area contributed by atoms with Crippen LogP contribution in [0.4, 0.5) is 0 Å². The van der Waals surface area contributed by atoms with Crippen molar-refractivity contribution in [2.75, 3.05) is 0 Å². The van der Waals surface area contributed by atoms with Gasteiger partial charge in [0.15, 0.2) is 0 Å². The Balaban J connectivity index is 1.66. The molecule has 1 aliphatic rings. The van der Waals surface area contributed by atoms with Crippen LogP contribution >= 0.6 is 0 Å². The summed E-state index contributed by atoms with van der Waals surface area (Å²) in [6.07, 6.45) is 7.27. The smallest absolute Gasteiger partial charge is 0.219 e. The van der Waals surface area contributed by atoms with Gasteiger partial charge in [-0.15, -0.1) is 0 Å². The van der Waals surface area contributed by atoms with Gasteiger partial charge in [0, 0.05) is 17.6 Å². The van der Waals surface area contributed by atoms with Crippen LogP contribution < -0.4 is 4.74 Å². The van der Waals surface area contributed by atoms with Gasteiger partial charge in [0.25, 0.3) is 0 Å². The zero-order valence-electron chi connectivity index (χ0n) is 14.4. The van der Waals surface area contributed by atoms with E-state index in [-0.39, 0.29) is 0 Å². The molecule has 0 radical (unpaired) electrons. The monoisotopic (exact) mass is 317 g/mol. The number of nitrogens with zero attached hydrogens (tertiary/aromatic N) is 1. The molecule has 24 heavy (non-hydrogen) atoms. The highest BCUT2D eigenvalue weighted by Crippen LogP contribution is 2.35. The normalized spacial score (nSPS) is 15.1. The minimum absolute atomic E-state index is 0.663. The number of aromatic nitrogens is 1. The molecule has 2 heteroatoms. The van der Waals surface area contributed by atoms with Crippen molar-refractivity contribution in [1.29, 1.82) is 0 Å². The summed E-state index contributed by atoms with van der Waals surface area (Å²) in [5, 5.41) is 2.39. The van der Waals surface area contributed by atoms with Gasteiger partial charge in [0.2, 0.25) is 5.88 Å². The van der Waals surface area contributed by atoms with Crippen LogP contribution in [0.25, 0.3) is 10.8 Å². The third-order valence-electron chi connectivity index (χ3n) is 4.96. The van der Waals surface area contributed by atoms with Gasteiger partial charge in [-0.3, -0.25) is 0 Å². The fourth-order valence-electron chi connectivity index (χ4n) is 3.82. The van der Waals surface area contributed by atoms with Crippen molar-refractivity contribution in [1.82, 2.24) is 4.98 Å². The van der Waals surface area contributed by atoms with Gasteiger partial charge in [-0.1, -0.05) is 37.1 Å². The van der Waals surface area contributed by atoms with Gasteiger partial charge in [0.1, 0.15) is 5.75 Å². The van der Waals surface area contributed by atoms with Crippen molar-refractivity contribution in [3.8, 4) is 11.6 Å². The molecule has 1 saturated carbocycles. The Morgan fingerprint density at radius 2 is 1.62 bits per heavy atom. The van der Waals surface area contributed by atoms with Crippen LogP contribution in [0.1, 0.15) is 48.3 Å². The van der Waals surface area contributed by atoms with E-state index in [0.717, 1.165) is 11.7 Å². The molecule has 0 bridgehead atoms. The number of aryl methyl sites for hydroxylation is 2. The Labute approximate surface area is 143 Å². The van der Waals surface area contributed by atoms with E-state index in [1.54, 1.807) is 0 Å². The molecule has 4 rings (SSSR count). The first-order valence-electron chi connectivity index (χ1n) is 8.83. The van der Waals surface area contributed by atoms with E-state index in [2.05, 4.69) is 49.2 Å². The van der Waals surface area contributed by atoms with Gasteiger partial charge in [-0.05, 0) is 66.8 Å². The van der Waals surface area contributed by atoms with Crippen molar-refractivity contribution in [3.05, 3.63) is 65.4 Å². The first-order valence-corrected chi connectivity index (χ1v) is 8.83. The zero-order chi connectivity index (χ0) is 16.5. The van der Waals surface area contributed by atoms with E-state index in [1.165, 1.54) is 53.1 Å². The summed E-state index contributed by atoms with van der Waals surface area (Å²) in [6, 6.07) is 15.1. The van der Waals surface area contributed by atoms with E-state index in [4.69, 9.17) is 4.74 Å². The van der Waals surface area contributed by atoms with Crippen molar-refractivity contribution >= 4 is 10.8 Å². The highest BCUT2D eigenvalue weighted by Gasteiger charge is 2.17. The van der Waals surface area contributed by atoms with Crippen LogP contribution in [0.15, 0.2) is 48.7 Å². The molecule has 0 amide bonds. The van der Waals surface area contributed by atoms with Gasteiger partial charge >= 0.3 is 0 Å². The Bertz CT molecular complexity index is 858. The summed E-state index contributed by atoms with van der Waals surface area (Å²) < 4.78 is 6.00. The minimum Gasteiger partial charge on any atom is -0.439 e. The zero-order valence-corrected chi connectivity index (χ0v) is 14.4. The Morgan fingerprint density at radius 3 is 2.38 bits per heavy atom. The van der Waals surface area contributed by atoms with E-state index >= 15 is 0 Å². The Kier molecular flexibility index (Phi) is 3.97. The summed E-state index contributed by atoms with van der Waals surface area (Å²) in [7, 11) is 0. The fraction of sp³-hybridized carbons (Fsp3) is 0.318. The predicted molar refractivity (Wildman–Crippen MR) is 98.9 cm³/mol. The molecular formula is C22H23NO. The van der Waals surface area contributed by atoms with E-state index in [1.807, 2.05) is 18.3 Å². The topological polar surface area (TPSA) is 22.1 Å². The second kappa shape index (κ2) is 6.27. The molecule has 0 atom stereocenters. The lowest BCUT2D eigenvalue weighted by Crippen LogP contribution is -1.93. The van der Waals surface area contributed by atoms with E-state index in [0.29, 0.717) is 5.88 Å². The summed E-state index contributed by atoms with van der Waals surface area (Å²) >= 11 is 0. The summed E-state index contributed by atoms with van der Waals surface area (Å²) in [5.41, 5.74) is 3.87. The molecule has 2 nitrogen and oxygen atoms in total. The van der Waals surface area contributed by atoms with Crippen LogP contribution in [-0.4, -0.2) is 4.98 Å². The molecule has 0 aliphatic heterocycles. The van der Waals surface area contributed by atoms with Crippen LogP contribution in [0, 0.1) is 13.8 Å². The van der Waals surface area contributed by atoms with Gasteiger partial charge in [-0.2, -0.15) is 0 Å². The summed E-state index contributed by atoms with van der Waals surface area (Å²) in [4.78, 5) is 4.47. The van der Waals surface area contributed by atoms with Gasteiger partial charge < -0.3 is 4.74 Å². The third kappa shape index (κ3) is 3.14. The van der Waals surface area contributed by atoms with Crippen LogP contribution in [0.5, 0.6) is 11.6 Å². The lowest BCUT2D eigenvalue weighted by Gasteiger charge is -2.11. The highest BCUT2D eigenvalue weighted by molar-refractivity contribution is 5.83. The maximum atomic E-state index is 6.00. The molecular weight excluding hydrogens is 294 g/mol. The molecule has 0 unspecified atom stereocenters. The van der Waals surface area contributed by atoms with Crippen molar-refractivity contribution in [2.24, 2.45) is 0 Å². The number of hydrogen-bond acceptors (Lipinski definition) is 2. The fourth-order valence-corrected chi connectivity index (χ4v) is 3.82. The van der Waals surface area contributed by atoms with E-state index < -0.39 is 0 Å². The maximum Gasteiger partial charge on any atom is 0.219 e. The summed E-state index contributed by atoms with van der Waals surface area (Å²) in [5.74, 6) is 2.24. The molecule has 1 fully saturated rings. The number of benzene rings is 2. The highest BCUT2D eigenvalue weighted by atomic mass is 16.5. The second-order valence-corrected chi connectivity index (χ2v) is 7.04. The Morgan fingerprint density at radius 1 is 0.875 bits per heavy atom. The van der Waals surface area contributed by atoms with Crippen molar-refractivity contribution in [3.63, 3.8) is 0 Å². The molecule has 1 aromatic heterocycles.